The number of carboxylic acid groups (broad SMARTS) is 1. The lowest BCUT2D eigenvalue weighted by molar-refractivity contribution is -0.122. The molecule has 1 aliphatic rings. The van der Waals surface area contributed by atoms with E-state index in [4.69, 9.17) is 19.6 Å². The van der Waals surface area contributed by atoms with Gasteiger partial charge in [-0.25, -0.2) is 4.98 Å². The number of carbonyl (C=O) groups is 2. The maximum Gasteiger partial charge on any atom is 0.290 e. The molecule has 4 rings (SSSR count). The molecule has 236 valence electrons. The molecule has 1 saturated heterocycles. The second kappa shape index (κ2) is 16.4. The minimum atomic E-state index is -0.250. The second-order valence-electron chi connectivity index (χ2n) is 12.5. The van der Waals surface area contributed by atoms with Gasteiger partial charge in [-0.05, 0) is 75.9 Å². The van der Waals surface area contributed by atoms with Gasteiger partial charge >= 0.3 is 0 Å². The number of hydrogen-bond donors (Lipinski definition) is 1. The van der Waals surface area contributed by atoms with Crippen molar-refractivity contribution in [2.75, 3.05) is 47.4 Å². The molecule has 9 heteroatoms. The Kier molecular flexibility index (Phi) is 13.0. The number of carbonyl (C=O) groups excluding carboxylic acids is 1. The SMILES string of the molecule is COc1cccc(-c2nc3ccc(C(=O)N(CCC(C)C)CCC(C)C)cn3c2CN2CCC(N(C)C)CC2)c1.O=CO. The van der Waals surface area contributed by atoms with Crippen LogP contribution in [0.3, 0.4) is 0 Å². The molecular weight excluding hydrogens is 542 g/mol. The number of ether oxygens (including phenoxy) is 1. The summed E-state index contributed by atoms with van der Waals surface area (Å²) in [5.74, 6) is 2.03. The summed E-state index contributed by atoms with van der Waals surface area (Å²) in [4.78, 5) is 34.2. The molecule has 43 heavy (non-hydrogen) atoms. The minimum Gasteiger partial charge on any atom is -0.497 e. The third-order valence-corrected chi connectivity index (χ3v) is 8.21. The Morgan fingerprint density at radius 3 is 2.26 bits per heavy atom. The van der Waals surface area contributed by atoms with Crippen LogP contribution in [-0.2, 0) is 11.3 Å². The van der Waals surface area contributed by atoms with E-state index in [0.717, 1.165) is 92.3 Å². The monoisotopic (exact) mass is 593 g/mol. The Balaban J connectivity index is 0.00000162. The Morgan fingerprint density at radius 1 is 1.07 bits per heavy atom. The molecule has 1 amide bonds. The summed E-state index contributed by atoms with van der Waals surface area (Å²) in [5, 5.41) is 6.89. The Bertz CT molecular complexity index is 1300. The summed E-state index contributed by atoms with van der Waals surface area (Å²) in [6.45, 7) is 13.1. The summed E-state index contributed by atoms with van der Waals surface area (Å²) < 4.78 is 7.69. The zero-order chi connectivity index (χ0) is 31.5. The first kappa shape index (κ1) is 34.1. The average molecular weight is 594 g/mol. The first-order valence-corrected chi connectivity index (χ1v) is 15.5. The number of likely N-dealkylation sites (tertiary alicyclic amines) is 1. The molecular formula is C34H51N5O4. The third-order valence-electron chi connectivity index (χ3n) is 8.21. The van der Waals surface area contributed by atoms with Gasteiger partial charge in [0.2, 0.25) is 0 Å². The molecule has 3 heterocycles. The Hall–Kier alpha value is -3.43. The van der Waals surface area contributed by atoms with Gasteiger partial charge in [-0.3, -0.25) is 14.5 Å². The van der Waals surface area contributed by atoms with Gasteiger partial charge in [-0.1, -0.05) is 39.8 Å². The van der Waals surface area contributed by atoms with Gasteiger partial charge in [-0.2, -0.15) is 0 Å². The number of hydrogen-bond acceptors (Lipinski definition) is 6. The predicted molar refractivity (Wildman–Crippen MR) is 173 cm³/mol. The normalized spacial score (nSPS) is 14.3. The lowest BCUT2D eigenvalue weighted by Gasteiger charge is -2.35. The maximum absolute atomic E-state index is 13.8. The van der Waals surface area contributed by atoms with Crippen LogP contribution in [0.2, 0.25) is 0 Å². The fraction of sp³-hybridized carbons (Fsp3) is 0.559. The quantitative estimate of drug-likeness (QED) is 0.267. The van der Waals surface area contributed by atoms with Crippen LogP contribution in [0.4, 0.5) is 0 Å². The van der Waals surface area contributed by atoms with E-state index in [1.807, 2.05) is 35.4 Å². The number of aromatic nitrogens is 2. The van der Waals surface area contributed by atoms with E-state index >= 15 is 0 Å². The van der Waals surface area contributed by atoms with Gasteiger partial charge in [0.05, 0.1) is 24.1 Å². The molecule has 0 bridgehead atoms. The number of imidazole rings is 1. The lowest BCUT2D eigenvalue weighted by Crippen LogP contribution is -2.41. The number of piperidine rings is 1. The molecule has 1 aliphatic heterocycles. The van der Waals surface area contributed by atoms with E-state index in [0.29, 0.717) is 17.9 Å². The predicted octanol–water partition coefficient (Wildman–Crippen LogP) is 5.77. The van der Waals surface area contributed by atoms with E-state index in [1.54, 1.807) is 7.11 Å². The summed E-state index contributed by atoms with van der Waals surface area (Å²) in [5.41, 5.74) is 4.70. The number of rotatable bonds is 12. The molecule has 1 aromatic carbocycles. The molecule has 0 aliphatic carbocycles. The van der Waals surface area contributed by atoms with Crippen molar-refractivity contribution in [1.29, 1.82) is 0 Å². The molecule has 0 spiro atoms. The van der Waals surface area contributed by atoms with E-state index < -0.39 is 0 Å². The van der Waals surface area contributed by atoms with E-state index in [2.05, 4.69) is 68.1 Å². The van der Waals surface area contributed by atoms with Crippen LogP contribution in [-0.4, -0.2) is 95.0 Å². The Morgan fingerprint density at radius 2 is 1.70 bits per heavy atom. The molecule has 2 aromatic heterocycles. The van der Waals surface area contributed by atoms with Crippen LogP contribution >= 0.6 is 0 Å². The minimum absolute atomic E-state index is 0.109. The zero-order valence-corrected chi connectivity index (χ0v) is 27.1. The van der Waals surface area contributed by atoms with E-state index in [-0.39, 0.29) is 12.4 Å². The standard InChI is InChI=1S/C33H49N5O2.CH2O2/c1-24(2)13-19-37(20-14-25(3)4)33(39)27-11-12-31-34-32(26-9-8-10-29(21-26)40-7)30(38(31)22-27)23-36-17-15-28(16-18-36)35(5)6;2-1-3/h8-12,21-22,24-25,28H,13-20,23H2,1-7H3;1H,(H,2,3). The summed E-state index contributed by atoms with van der Waals surface area (Å²) in [6.07, 6.45) is 6.34. The maximum atomic E-state index is 13.8. The van der Waals surface area contributed by atoms with Crippen LogP contribution in [0.25, 0.3) is 16.9 Å². The molecule has 0 saturated carbocycles. The average Bonchev–Trinajstić information content (AvgIpc) is 3.34. The number of benzene rings is 1. The van der Waals surface area contributed by atoms with Crippen molar-refractivity contribution in [3.63, 3.8) is 0 Å². The van der Waals surface area contributed by atoms with Gasteiger partial charge in [-0.15, -0.1) is 0 Å². The first-order valence-electron chi connectivity index (χ1n) is 15.5. The van der Waals surface area contributed by atoms with Crippen LogP contribution in [0.15, 0.2) is 42.6 Å². The highest BCUT2D eigenvalue weighted by atomic mass is 16.5. The number of fused-ring (bicyclic) bond motifs is 1. The van der Waals surface area contributed by atoms with Crippen molar-refractivity contribution >= 4 is 18.0 Å². The molecule has 3 aromatic rings. The summed E-state index contributed by atoms with van der Waals surface area (Å²) in [7, 11) is 6.05. The third kappa shape index (κ3) is 9.53. The highest BCUT2D eigenvalue weighted by Gasteiger charge is 2.25. The Labute approximate surface area is 257 Å². The molecule has 9 nitrogen and oxygen atoms in total. The van der Waals surface area contributed by atoms with Crippen LogP contribution in [0.5, 0.6) is 5.75 Å². The van der Waals surface area contributed by atoms with Crippen molar-refractivity contribution in [3.8, 4) is 17.0 Å². The van der Waals surface area contributed by atoms with E-state index in [9.17, 15) is 4.79 Å². The number of pyridine rings is 1. The smallest absolute Gasteiger partial charge is 0.290 e. The topological polar surface area (TPSA) is 90.6 Å². The van der Waals surface area contributed by atoms with Crippen molar-refractivity contribution < 1.29 is 19.4 Å². The van der Waals surface area contributed by atoms with Crippen molar-refractivity contribution in [1.82, 2.24) is 24.1 Å². The highest BCUT2D eigenvalue weighted by molar-refractivity contribution is 5.94. The summed E-state index contributed by atoms with van der Waals surface area (Å²) >= 11 is 0. The van der Waals surface area contributed by atoms with Gasteiger partial charge in [0.15, 0.2) is 0 Å². The molecule has 0 atom stereocenters. The van der Waals surface area contributed by atoms with E-state index in [1.165, 1.54) is 0 Å². The van der Waals surface area contributed by atoms with Crippen molar-refractivity contribution in [2.24, 2.45) is 11.8 Å². The largest absolute Gasteiger partial charge is 0.497 e. The fourth-order valence-electron chi connectivity index (χ4n) is 5.50. The van der Waals surface area contributed by atoms with Gasteiger partial charge in [0.25, 0.3) is 12.4 Å². The second-order valence-corrected chi connectivity index (χ2v) is 12.5. The zero-order valence-electron chi connectivity index (χ0n) is 27.1. The number of methoxy groups -OCH3 is 1. The highest BCUT2D eigenvalue weighted by Crippen LogP contribution is 2.30. The number of nitrogens with zero attached hydrogens (tertiary/aromatic N) is 5. The van der Waals surface area contributed by atoms with Crippen LogP contribution in [0, 0.1) is 11.8 Å². The lowest BCUT2D eigenvalue weighted by atomic mass is 10.0. The van der Waals surface area contributed by atoms with Crippen molar-refractivity contribution in [2.45, 2.75) is 66.0 Å². The molecule has 1 N–H and O–H groups in total. The van der Waals surface area contributed by atoms with Gasteiger partial charge in [0, 0.05) is 50.5 Å². The first-order chi connectivity index (χ1) is 20.6. The van der Waals surface area contributed by atoms with Crippen LogP contribution in [0.1, 0.15) is 69.4 Å². The number of amides is 1. The molecule has 0 unspecified atom stereocenters. The summed E-state index contributed by atoms with van der Waals surface area (Å²) in [6, 6.07) is 12.7. The van der Waals surface area contributed by atoms with Crippen LogP contribution < -0.4 is 4.74 Å². The van der Waals surface area contributed by atoms with Gasteiger partial charge < -0.3 is 24.0 Å². The van der Waals surface area contributed by atoms with Crippen molar-refractivity contribution in [3.05, 3.63) is 53.9 Å². The molecule has 1 fully saturated rings. The van der Waals surface area contributed by atoms with Gasteiger partial charge in [0.1, 0.15) is 11.4 Å². The fourth-order valence-corrected chi connectivity index (χ4v) is 5.50. The molecule has 0 radical (unpaired) electrons.